The SMILES string of the molecule is C[C@@H](NCC=Cc1ccc2ccccc2c1)c1ccccc1. The van der Waals surface area contributed by atoms with Crippen molar-refractivity contribution < 1.29 is 0 Å². The van der Waals surface area contributed by atoms with E-state index in [-0.39, 0.29) is 0 Å². The minimum Gasteiger partial charge on any atom is -0.307 e. The van der Waals surface area contributed by atoms with Crippen molar-refractivity contribution in [1.82, 2.24) is 5.32 Å². The van der Waals surface area contributed by atoms with Gasteiger partial charge in [0.25, 0.3) is 0 Å². The summed E-state index contributed by atoms with van der Waals surface area (Å²) in [6.07, 6.45) is 4.36. The highest BCUT2D eigenvalue weighted by molar-refractivity contribution is 5.84. The average Bonchev–Trinajstić information content (AvgIpc) is 2.59. The number of fused-ring (bicyclic) bond motifs is 1. The number of nitrogens with one attached hydrogen (secondary N) is 1. The number of benzene rings is 3. The topological polar surface area (TPSA) is 12.0 Å². The maximum Gasteiger partial charge on any atom is 0.0294 e. The van der Waals surface area contributed by atoms with Crippen LogP contribution in [0.15, 0.2) is 78.9 Å². The lowest BCUT2D eigenvalue weighted by Gasteiger charge is -2.12. The molecule has 0 aromatic heterocycles. The van der Waals surface area contributed by atoms with Crippen LogP contribution in [0.4, 0.5) is 0 Å². The molecule has 0 unspecified atom stereocenters. The Morgan fingerprint density at radius 3 is 2.41 bits per heavy atom. The second kappa shape index (κ2) is 7.06. The fraction of sp³-hybridized carbons (Fsp3) is 0.143. The van der Waals surface area contributed by atoms with Crippen molar-refractivity contribution in [3.8, 4) is 0 Å². The zero-order chi connectivity index (χ0) is 15.2. The van der Waals surface area contributed by atoms with E-state index < -0.39 is 0 Å². The van der Waals surface area contributed by atoms with E-state index in [0.29, 0.717) is 6.04 Å². The van der Waals surface area contributed by atoms with E-state index in [0.717, 1.165) is 6.54 Å². The maximum atomic E-state index is 3.52. The average molecular weight is 287 g/mol. The van der Waals surface area contributed by atoms with Gasteiger partial charge in [-0.2, -0.15) is 0 Å². The molecular weight excluding hydrogens is 266 g/mol. The molecule has 0 saturated carbocycles. The Bertz CT molecular complexity index is 759. The van der Waals surface area contributed by atoms with Gasteiger partial charge in [0.15, 0.2) is 0 Å². The molecule has 0 amide bonds. The quantitative estimate of drug-likeness (QED) is 0.679. The van der Waals surface area contributed by atoms with Crippen molar-refractivity contribution in [1.29, 1.82) is 0 Å². The van der Waals surface area contributed by atoms with Gasteiger partial charge >= 0.3 is 0 Å². The third-order valence-electron chi connectivity index (χ3n) is 3.93. The molecule has 1 atom stereocenters. The van der Waals surface area contributed by atoms with Gasteiger partial charge in [0.2, 0.25) is 0 Å². The van der Waals surface area contributed by atoms with Crippen LogP contribution in [0.2, 0.25) is 0 Å². The summed E-state index contributed by atoms with van der Waals surface area (Å²) in [6.45, 7) is 3.06. The molecule has 0 spiro atoms. The van der Waals surface area contributed by atoms with Crippen LogP contribution in [-0.2, 0) is 0 Å². The Morgan fingerprint density at radius 1 is 0.864 bits per heavy atom. The van der Waals surface area contributed by atoms with Gasteiger partial charge in [0.05, 0.1) is 0 Å². The molecule has 0 fully saturated rings. The van der Waals surface area contributed by atoms with Gasteiger partial charge in [-0.3, -0.25) is 0 Å². The Kier molecular flexibility index (Phi) is 4.67. The minimum atomic E-state index is 0.363. The van der Waals surface area contributed by atoms with E-state index in [1.54, 1.807) is 0 Å². The summed E-state index contributed by atoms with van der Waals surface area (Å²) in [6, 6.07) is 25.9. The molecule has 0 aliphatic carbocycles. The van der Waals surface area contributed by atoms with E-state index in [1.165, 1.54) is 21.9 Å². The standard InChI is InChI=1S/C21H21N/c1-17(19-9-3-2-4-10-19)22-15-7-8-18-13-14-20-11-5-6-12-21(20)16-18/h2-14,16-17,22H,15H2,1H3/t17-/m1/s1. The van der Waals surface area contributed by atoms with Crippen LogP contribution >= 0.6 is 0 Å². The first-order valence-corrected chi connectivity index (χ1v) is 7.76. The lowest BCUT2D eigenvalue weighted by molar-refractivity contribution is 0.618. The van der Waals surface area contributed by atoms with Crippen molar-refractivity contribution in [2.75, 3.05) is 6.54 Å². The van der Waals surface area contributed by atoms with E-state index in [1.807, 2.05) is 0 Å². The predicted molar refractivity (Wildman–Crippen MR) is 95.8 cm³/mol. The van der Waals surface area contributed by atoms with Gasteiger partial charge in [-0.05, 0) is 34.9 Å². The molecule has 0 saturated heterocycles. The molecule has 0 aliphatic rings. The zero-order valence-corrected chi connectivity index (χ0v) is 12.9. The lowest BCUT2D eigenvalue weighted by atomic mass is 10.1. The number of hydrogen-bond donors (Lipinski definition) is 1. The molecule has 3 rings (SSSR count). The van der Waals surface area contributed by atoms with Crippen molar-refractivity contribution in [2.24, 2.45) is 0 Å². The highest BCUT2D eigenvalue weighted by Gasteiger charge is 2.01. The monoisotopic (exact) mass is 287 g/mol. The third-order valence-corrected chi connectivity index (χ3v) is 3.93. The van der Waals surface area contributed by atoms with Crippen LogP contribution in [0.3, 0.4) is 0 Å². The molecule has 0 aliphatic heterocycles. The highest BCUT2D eigenvalue weighted by Crippen LogP contribution is 2.16. The number of rotatable bonds is 5. The van der Waals surface area contributed by atoms with Gasteiger partial charge in [-0.15, -0.1) is 0 Å². The maximum absolute atomic E-state index is 3.52. The first-order chi connectivity index (χ1) is 10.8. The normalized spacial score (nSPS) is 12.8. The van der Waals surface area contributed by atoms with Crippen LogP contribution in [-0.4, -0.2) is 6.54 Å². The van der Waals surface area contributed by atoms with Crippen LogP contribution < -0.4 is 5.32 Å². The van der Waals surface area contributed by atoms with Crippen LogP contribution in [0.5, 0.6) is 0 Å². The lowest BCUT2D eigenvalue weighted by Crippen LogP contribution is -2.18. The second-order valence-corrected chi connectivity index (χ2v) is 5.55. The largest absolute Gasteiger partial charge is 0.307 e. The molecular formula is C21H21N. The summed E-state index contributed by atoms with van der Waals surface area (Å²) >= 11 is 0. The fourth-order valence-electron chi connectivity index (χ4n) is 2.61. The molecule has 0 heterocycles. The molecule has 3 aromatic rings. The van der Waals surface area contributed by atoms with Gasteiger partial charge < -0.3 is 5.32 Å². The Balaban J connectivity index is 1.59. The summed E-state index contributed by atoms with van der Waals surface area (Å²) in [7, 11) is 0. The molecule has 3 aromatic carbocycles. The third kappa shape index (κ3) is 3.63. The van der Waals surface area contributed by atoms with Gasteiger partial charge in [0.1, 0.15) is 0 Å². The van der Waals surface area contributed by atoms with Gasteiger partial charge in [-0.1, -0.05) is 78.9 Å². The molecule has 22 heavy (non-hydrogen) atoms. The Hall–Kier alpha value is -2.38. The summed E-state index contributed by atoms with van der Waals surface area (Å²) < 4.78 is 0. The van der Waals surface area contributed by atoms with Gasteiger partial charge in [0, 0.05) is 12.6 Å². The summed E-state index contributed by atoms with van der Waals surface area (Å²) in [5, 5.41) is 6.09. The van der Waals surface area contributed by atoms with Crippen molar-refractivity contribution in [3.63, 3.8) is 0 Å². The predicted octanol–water partition coefficient (Wildman–Crippen LogP) is 5.20. The molecule has 110 valence electrons. The van der Waals surface area contributed by atoms with Crippen molar-refractivity contribution in [3.05, 3.63) is 90.0 Å². The van der Waals surface area contributed by atoms with E-state index in [4.69, 9.17) is 0 Å². The summed E-state index contributed by atoms with van der Waals surface area (Å²) in [5.74, 6) is 0. The first-order valence-electron chi connectivity index (χ1n) is 7.76. The fourth-order valence-corrected chi connectivity index (χ4v) is 2.61. The molecule has 1 heteroatoms. The Morgan fingerprint density at radius 2 is 1.59 bits per heavy atom. The van der Waals surface area contributed by atoms with Crippen molar-refractivity contribution >= 4 is 16.8 Å². The Labute approximate surface area is 132 Å². The van der Waals surface area contributed by atoms with E-state index in [9.17, 15) is 0 Å². The zero-order valence-electron chi connectivity index (χ0n) is 12.9. The highest BCUT2D eigenvalue weighted by atomic mass is 14.9. The second-order valence-electron chi connectivity index (χ2n) is 5.55. The van der Waals surface area contributed by atoms with Crippen LogP contribution in [0.1, 0.15) is 24.1 Å². The van der Waals surface area contributed by atoms with Crippen LogP contribution in [0, 0.1) is 0 Å². The smallest absolute Gasteiger partial charge is 0.0294 e. The number of hydrogen-bond acceptors (Lipinski definition) is 1. The van der Waals surface area contributed by atoms with E-state index >= 15 is 0 Å². The minimum absolute atomic E-state index is 0.363. The summed E-state index contributed by atoms with van der Waals surface area (Å²) in [4.78, 5) is 0. The molecule has 1 nitrogen and oxygen atoms in total. The van der Waals surface area contributed by atoms with Crippen LogP contribution in [0.25, 0.3) is 16.8 Å². The molecule has 1 N–H and O–H groups in total. The van der Waals surface area contributed by atoms with Gasteiger partial charge in [-0.25, -0.2) is 0 Å². The van der Waals surface area contributed by atoms with Crippen molar-refractivity contribution in [2.45, 2.75) is 13.0 Å². The van der Waals surface area contributed by atoms with E-state index in [2.05, 4.69) is 97.2 Å². The summed E-state index contributed by atoms with van der Waals surface area (Å²) in [5.41, 5.74) is 2.56. The first kappa shape index (κ1) is 14.6. The molecule has 0 bridgehead atoms. The molecule has 0 radical (unpaired) electrons.